The van der Waals surface area contributed by atoms with E-state index in [9.17, 15) is 4.79 Å². The summed E-state index contributed by atoms with van der Waals surface area (Å²) < 4.78 is 5.64. The first-order chi connectivity index (χ1) is 10.7. The van der Waals surface area contributed by atoms with E-state index < -0.39 is 0 Å². The van der Waals surface area contributed by atoms with Gasteiger partial charge in [0.2, 0.25) is 0 Å². The van der Waals surface area contributed by atoms with E-state index >= 15 is 0 Å². The molecule has 2 N–H and O–H groups in total. The molecular formula is C15H22N4O2S. The minimum Gasteiger partial charge on any atom is -0.380 e. The lowest BCUT2D eigenvalue weighted by Gasteiger charge is -2.15. The summed E-state index contributed by atoms with van der Waals surface area (Å²) in [5.41, 5.74) is 2.27. The number of ether oxygens (including phenoxy) is 1. The van der Waals surface area contributed by atoms with Gasteiger partial charge in [0.15, 0.2) is 0 Å². The second-order valence-electron chi connectivity index (χ2n) is 5.66. The van der Waals surface area contributed by atoms with Crippen LogP contribution < -0.4 is 5.56 Å². The van der Waals surface area contributed by atoms with Crippen molar-refractivity contribution < 1.29 is 4.74 Å². The topological polar surface area (TPSA) is 74.0 Å². The monoisotopic (exact) mass is 322 g/mol. The fourth-order valence-corrected chi connectivity index (χ4v) is 3.98. The zero-order valence-corrected chi connectivity index (χ0v) is 13.8. The van der Waals surface area contributed by atoms with Gasteiger partial charge in [-0.25, -0.2) is 4.98 Å². The molecule has 3 heterocycles. The molecule has 2 aromatic heterocycles. The number of methoxy groups -OCH3 is 1. The number of thioether (sulfide) groups is 1. The van der Waals surface area contributed by atoms with Crippen molar-refractivity contribution in [2.24, 2.45) is 5.92 Å². The molecule has 0 saturated carbocycles. The minimum absolute atomic E-state index is 0.121. The van der Waals surface area contributed by atoms with Crippen LogP contribution in [0.3, 0.4) is 0 Å². The molecular weight excluding hydrogens is 300 g/mol. The SMILES string of the molecule is CCSCC1CN(Cc2c[nH]c3c(=O)[nH]cnc23)CC1OC. The minimum atomic E-state index is -0.121. The van der Waals surface area contributed by atoms with Gasteiger partial charge in [-0.15, -0.1) is 0 Å². The summed E-state index contributed by atoms with van der Waals surface area (Å²) in [6.07, 6.45) is 3.65. The van der Waals surface area contributed by atoms with Crippen LogP contribution in [0.15, 0.2) is 17.3 Å². The van der Waals surface area contributed by atoms with Crippen LogP contribution in [-0.2, 0) is 11.3 Å². The molecule has 0 radical (unpaired) electrons. The highest BCUT2D eigenvalue weighted by atomic mass is 32.2. The van der Waals surface area contributed by atoms with Gasteiger partial charge in [0.05, 0.1) is 17.9 Å². The van der Waals surface area contributed by atoms with Crippen LogP contribution in [0.1, 0.15) is 12.5 Å². The summed E-state index contributed by atoms with van der Waals surface area (Å²) in [5.74, 6) is 2.84. The molecule has 7 heteroatoms. The van der Waals surface area contributed by atoms with E-state index in [4.69, 9.17) is 4.74 Å². The van der Waals surface area contributed by atoms with Gasteiger partial charge in [0.25, 0.3) is 5.56 Å². The number of hydrogen-bond acceptors (Lipinski definition) is 5. The van der Waals surface area contributed by atoms with Crippen LogP contribution in [-0.4, -0.2) is 57.7 Å². The molecule has 0 bridgehead atoms. The third-order valence-electron chi connectivity index (χ3n) is 4.24. The highest BCUT2D eigenvalue weighted by Crippen LogP contribution is 2.26. The average molecular weight is 322 g/mol. The molecule has 2 unspecified atom stereocenters. The second-order valence-corrected chi connectivity index (χ2v) is 6.98. The van der Waals surface area contributed by atoms with Gasteiger partial charge in [0, 0.05) is 44.4 Å². The Hall–Kier alpha value is -1.31. The van der Waals surface area contributed by atoms with Crippen molar-refractivity contribution in [1.29, 1.82) is 0 Å². The summed E-state index contributed by atoms with van der Waals surface area (Å²) in [6.45, 7) is 4.95. The first-order valence-corrected chi connectivity index (χ1v) is 8.75. The molecule has 3 rings (SSSR count). The number of nitrogens with one attached hydrogen (secondary N) is 2. The van der Waals surface area contributed by atoms with Crippen LogP contribution >= 0.6 is 11.8 Å². The first-order valence-electron chi connectivity index (χ1n) is 7.59. The van der Waals surface area contributed by atoms with Gasteiger partial charge < -0.3 is 14.7 Å². The van der Waals surface area contributed by atoms with E-state index in [0.29, 0.717) is 17.5 Å². The summed E-state index contributed by atoms with van der Waals surface area (Å²) in [4.78, 5) is 24.1. The van der Waals surface area contributed by atoms with Gasteiger partial charge >= 0.3 is 0 Å². The highest BCUT2D eigenvalue weighted by molar-refractivity contribution is 7.99. The van der Waals surface area contributed by atoms with E-state index in [0.717, 1.165) is 42.2 Å². The van der Waals surface area contributed by atoms with Crippen molar-refractivity contribution in [2.45, 2.75) is 19.6 Å². The average Bonchev–Trinajstić information content (AvgIpc) is 3.11. The highest BCUT2D eigenvalue weighted by Gasteiger charge is 2.32. The van der Waals surface area contributed by atoms with Crippen LogP contribution in [0.4, 0.5) is 0 Å². The molecule has 6 nitrogen and oxygen atoms in total. The van der Waals surface area contributed by atoms with E-state index in [2.05, 4.69) is 26.8 Å². The van der Waals surface area contributed by atoms with Crippen LogP contribution in [0.25, 0.3) is 11.0 Å². The molecule has 2 atom stereocenters. The number of nitrogens with zero attached hydrogens (tertiary/aromatic N) is 2. The smallest absolute Gasteiger partial charge is 0.275 e. The fraction of sp³-hybridized carbons (Fsp3) is 0.600. The van der Waals surface area contributed by atoms with Gasteiger partial charge in [-0.2, -0.15) is 11.8 Å². The standard InChI is InChI=1S/C15H22N4O2S/c1-3-22-8-11-6-19(7-12(11)21-2)5-10-4-16-14-13(10)17-9-18-15(14)20/h4,9,11-12,16H,3,5-8H2,1-2H3,(H,17,18,20). The molecule has 120 valence electrons. The molecule has 0 spiro atoms. The van der Waals surface area contributed by atoms with Gasteiger partial charge in [-0.3, -0.25) is 9.69 Å². The Kier molecular flexibility index (Phi) is 4.85. The fourth-order valence-electron chi connectivity index (χ4n) is 3.12. The number of H-pyrrole nitrogens is 2. The summed E-state index contributed by atoms with van der Waals surface area (Å²) in [5, 5.41) is 0. The Morgan fingerprint density at radius 2 is 2.32 bits per heavy atom. The Morgan fingerprint density at radius 1 is 1.45 bits per heavy atom. The normalized spacial score (nSPS) is 22.6. The van der Waals surface area contributed by atoms with Crippen molar-refractivity contribution >= 4 is 22.8 Å². The van der Waals surface area contributed by atoms with E-state index in [1.165, 1.54) is 6.33 Å². The first kappa shape index (κ1) is 15.6. The lowest BCUT2D eigenvalue weighted by atomic mass is 10.1. The Balaban J connectivity index is 1.73. The third kappa shape index (κ3) is 3.06. The Morgan fingerprint density at radius 3 is 3.09 bits per heavy atom. The Labute approximate surface area is 133 Å². The van der Waals surface area contributed by atoms with Gasteiger partial charge in [-0.05, 0) is 11.5 Å². The number of rotatable bonds is 6. The molecule has 0 aromatic carbocycles. The Bertz CT molecular complexity index is 683. The third-order valence-corrected chi connectivity index (χ3v) is 5.31. The number of aromatic nitrogens is 3. The quantitative estimate of drug-likeness (QED) is 0.842. The number of likely N-dealkylation sites (tertiary alicyclic amines) is 1. The maximum Gasteiger partial charge on any atom is 0.275 e. The zero-order chi connectivity index (χ0) is 15.5. The number of hydrogen-bond donors (Lipinski definition) is 2. The van der Waals surface area contributed by atoms with Crippen molar-refractivity contribution in [3.05, 3.63) is 28.4 Å². The largest absolute Gasteiger partial charge is 0.380 e. The van der Waals surface area contributed by atoms with Crippen LogP contribution in [0.2, 0.25) is 0 Å². The number of fused-ring (bicyclic) bond motifs is 1. The predicted octanol–water partition coefficient (Wildman–Crippen LogP) is 1.45. The number of aromatic amines is 2. The molecule has 1 saturated heterocycles. The van der Waals surface area contributed by atoms with Crippen molar-refractivity contribution in [1.82, 2.24) is 19.9 Å². The van der Waals surface area contributed by atoms with E-state index in [1.807, 2.05) is 18.0 Å². The van der Waals surface area contributed by atoms with E-state index in [-0.39, 0.29) is 5.56 Å². The summed E-state index contributed by atoms with van der Waals surface area (Å²) in [6, 6.07) is 0. The zero-order valence-electron chi connectivity index (χ0n) is 13.0. The van der Waals surface area contributed by atoms with Crippen LogP contribution in [0.5, 0.6) is 0 Å². The predicted molar refractivity (Wildman–Crippen MR) is 89.3 cm³/mol. The maximum atomic E-state index is 11.7. The van der Waals surface area contributed by atoms with E-state index in [1.54, 1.807) is 7.11 Å². The molecule has 0 amide bonds. The van der Waals surface area contributed by atoms with Crippen molar-refractivity contribution in [2.75, 3.05) is 31.7 Å². The maximum absolute atomic E-state index is 11.7. The second kappa shape index (κ2) is 6.85. The van der Waals surface area contributed by atoms with Gasteiger partial charge in [0.1, 0.15) is 5.52 Å². The molecule has 1 aliphatic rings. The lowest BCUT2D eigenvalue weighted by molar-refractivity contribution is 0.0845. The van der Waals surface area contributed by atoms with Crippen molar-refractivity contribution in [3.63, 3.8) is 0 Å². The molecule has 0 aliphatic carbocycles. The lowest BCUT2D eigenvalue weighted by Crippen LogP contribution is -2.23. The molecule has 1 aliphatic heterocycles. The van der Waals surface area contributed by atoms with Crippen molar-refractivity contribution in [3.8, 4) is 0 Å². The molecule has 1 fully saturated rings. The summed E-state index contributed by atoms with van der Waals surface area (Å²) >= 11 is 1.97. The van der Waals surface area contributed by atoms with Gasteiger partial charge in [-0.1, -0.05) is 6.92 Å². The molecule has 22 heavy (non-hydrogen) atoms. The molecule has 2 aromatic rings. The summed E-state index contributed by atoms with van der Waals surface area (Å²) in [7, 11) is 1.80. The van der Waals surface area contributed by atoms with Crippen LogP contribution in [0, 0.1) is 5.92 Å².